The van der Waals surface area contributed by atoms with Crippen molar-refractivity contribution in [1.82, 2.24) is 9.99 Å². The zero-order valence-corrected chi connectivity index (χ0v) is 11.3. The molecule has 1 aromatic carbocycles. The van der Waals surface area contributed by atoms with Gasteiger partial charge in [-0.2, -0.15) is 0 Å². The van der Waals surface area contributed by atoms with Gasteiger partial charge < -0.3 is 20.2 Å². The number of halogens is 1. The van der Waals surface area contributed by atoms with Crippen LogP contribution in [0.2, 0.25) is 0 Å². The number of methoxy groups -OCH3 is 1. The molecule has 0 radical (unpaired) electrons. The minimum atomic E-state index is 0. The van der Waals surface area contributed by atoms with Crippen LogP contribution in [0.15, 0.2) is 29.3 Å². The fraction of sp³-hybridized carbons (Fsp3) is 0.250. The van der Waals surface area contributed by atoms with Crippen LogP contribution in [-0.4, -0.2) is 29.5 Å². The van der Waals surface area contributed by atoms with Crippen molar-refractivity contribution in [2.24, 2.45) is 10.8 Å². The van der Waals surface area contributed by atoms with Gasteiger partial charge in [-0.15, -0.1) is 12.4 Å². The molecule has 0 amide bonds. The van der Waals surface area contributed by atoms with Crippen molar-refractivity contribution < 1.29 is 10.2 Å². The molecule has 0 bridgehead atoms. The maximum absolute atomic E-state index is 5.48. The summed E-state index contributed by atoms with van der Waals surface area (Å²) in [5.41, 5.74) is 4.86. The van der Waals surface area contributed by atoms with Crippen LogP contribution in [0.3, 0.4) is 0 Å². The predicted molar refractivity (Wildman–Crippen MR) is 78.1 cm³/mol. The highest BCUT2D eigenvalue weighted by molar-refractivity contribution is 6.02. The van der Waals surface area contributed by atoms with E-state index < -0.39 is 0 Å². The van der Waals surface area contributed by atoms with Gasteiger partial charge in [0.15, 0.2) is 5.84 Å². The van der Waals surface area contributed by atoms with E-state index in [0.29, 0.717) is 0 Å². The topological polar surface area (TPSA) is 96.1 Å². The monoisotopic (exact) mass is 284 g/mol. The van der Waals surface area contributed by atoms with E-state index in [-0.39, 0.29) is 17.9 Å². The van der Waals surface area contributed by atoms with Crippen LogP contribution < -0.4 is 16.0 Å². The molecule has 0 aliphatic carbocycles. The zero-order valence-electron chi connectivity index (χ0n) is 10.5. The Kier molecular flexibility index (Phi) is 4.77. The van der Waals surface area contributed by atoms with Gasteiger partial charge in [0, 0.05) is 17.4 Å². The summed E-state index contributed by atoms with van der Waals surface area (Å²) in [6, 6.07) is 8.14. The first-order chi connectivity index (χ1) is 8.33. The molecule has 0 saturated heterocycles. The number of hydrogen-bond donors (Lipinski definition) is 2. The first-order valence-corrected chi connectivity index (χ1v) is 5.52. The molecule has 0 fully saturated rings. The first-order valence-electron chi connectivity index (χ1n) is 5.52. The average molecular weight is 285 g/mol. The van der Waals surface area contributed by atoms with E-state index in [9.17, 15) is 0 Å². The van der Waals surface area contributed by atoms with Crippen LogP contribution in [0, 0.1) is 0 Å². The van der Waals surface area contributed by atoms with E-state index in [4.69, 9.17) is 10.6 Å². The van der Waals surface area contributed by atoms with Gasteiger partial charge >= 0.3 is 0 Å². The molecule has 0 unspecified atom stereocenters. The molecule has 7 heteroatoms. The third-order valence-electron chi connectivity index (χ3n) is 3.08. The van der Waals surface area contributed by atoms with Gasteiger partial charge in [-0.05, 0) is 24.3 Å². The lowest BCUT2D eigenvalue weighted by molar-refractivity contribution is 0.415. The Morgan fingerprint density at radius 2 is 2.16 bits per heavy atom. The Labute approximate surface area is 116 Å². The van der Waals surface area contributed by atoms with Crippen molar-refractivity contribution in [3.63, 3.8) is 0 Å². The molecule has 2 heterocycles. The summed E-state index contributed by atoms with van der Waals surface area (Å²) in [6.07, 6.45) is 0. The molecule has 0 atom stereocenters. The number of fused-ring (bicyclic) bond motifs is 3. The number of amidine groups is 1. The summed E-state index contributed by atoms with van der Waals surface area (Å²) in [7, 11) is 1.67. The Morgan fingerprint density at radius 3 is 2.84 bits per heavy atom. The molecule has 0 spiro atoms. The largest absolute Gasteiger partial charge is 0.497 e. The second-order valence-electron chi connectivity index (χ2n) is 3.98. The van der Waals surface area contributed by atoms with Crippen molar-refractivity contribution >= 4 is 29.1 Å². The number of ether oxygens (including phenoxy) is 1. The van der Waals surface area contributed by atoms with Crippen LogP contribution in [0.5, 0.6) is 5.75 Å². The van der Waals surface area contributed by atoms with E-state index in [2.05, 4.69) is 27.1 Å². The summed E-state index contributed by atoms with van der Waals surface area (Å²) in [4.78, 5) is 4.36. The van der Waals surface area contributed by atoms with E-state index >= 15 is 0 Å². The standard InChI is InChI=1S/C12H14N4O.ClH.H2O/c1-17-9-2-3-10-8(6-9)7-11-12(15-13)14-4-5-16(10)11;;/h2-3,6-7H,4-5,13H2,1H3,(H,14,15);1H;1H2. The number of hydrazine groups is 1. The van der Waals surface area contributed by atoms with E-state index in [1.807, 2.05) is 12.1 Å². The van der Waals surface area contributed by atoms with Crippen LogP contribution in [0.4, 0.5) is 0 Å². The van der Waals surface area contributed by atoms with Crippen molar-refractivity contribution in [3.8, 4) is 5.75 Å². The van der Waals surface area contributed by atoms with E-state index in [1.165, 1.54) is 5.52 Å². The molecule has 1 aliphatic rings. The summed E-state index contributed by atoms with van der Waals surface area (Å²) in [5.74, 6) is 7.08. The Hall–Kier alpha value is -1.76. The van der Waals surface area contributed by atoms with Gasteiger partial charge in [0.05, 0.1) is 19.3 Å². The molecule has 104 valence electrons. The van der Waals surface area contributed by atoms with Crippen LogP contribution in [-0.2, 0) is 6.54 Å². The fourth-order valence-electron chi connectivity index (χ4n) is 2.28. The van der Waals surface area contributed by atoms with Gasteiger partial charge in [0.1, 0.15) is 5.75 Å². The maximum Gasteiger partial charge on any atom is 0.159 e. The maximum atomic E-state index is 5.48. The van der Waals surface area contributed by atoms with Crippen molar-refractivity contribution in [3.05, 3.63) is 30.0 Å². The SMILES string of the molecule is COc1ccc2c(c1)cc1n2CCN=C1NN.Cl.O. The molecule has 1 aliphatic heterocycles. The Bertz CT molecular complexity index is 609. The first kappa shape index (κ1) is 15.3. The molecular weight excluding hydrogens is 268 g/mol. The summed E-state index contributed by atoms with van der Waals surface area (Å²) in [5, 5.41) is 1.14. The number of hydrogen-bond acceptors (Lipinski definition) is 4. The molecule has 6 nitrogen and oxygen atoms in total. The third kappa shape index (κ3) is 2.37. The highest BCUT2D eigenvalue weighted by Crippen LogP contribution is 2.25. The molecule has 1 aromatic heterocycles. The molecule has 5 N–H and O–H groups in total. The normalized spacial score (nSPS) is 12.8. The average Bonchev–Trinajstić information content (AvgIpc) is 2.75. The smallest absolute Gasteiger partial charge is 0.159 e. The zero-order chi connectivity index (χ0) is 11.8. The summed E-state index contributed by atoms with van der Waals surface area (Å²) < 4.78 is 7.45. The van der Waals surface area contributed by atoms with Crippen LogP contribution in [0.25, 0.3) is 10.9 Å². The van der Waals surface area contributed by atoms with Gasteiger partial charge in [-0.25, -0.2) is 5.84 Å². The molecule has 19 heavy (non-hydrogen) atoms. The Morgan fingerprint density at radius 1 is 1.37 bits per heavy atom. The second kappa shape index (κ2) is 5.92. The molecule has 3 rings (SSSR count). The minimum absolute atomic E-state index is 0. The van der Waals surface area contributed by atoms with Crippen LogP contribution in [0.1, 0.15) is 5.69 Å². The van der Waals surface area contributed by atoms with E-state index in [0.717, 1.165) is 35.8 Å². The quantitative estimate of drug-likeness (QED) is 0.588. The summed E-state index contributed by atoms with van der Waals surface area (Å²) >= 11 is 0. The lowest BCUT2D eigenvalue weighted by Gasteiger charge is -2.16. The number of benzene rings is 1. The number of rotatable bonds is 1. The van der Waals surface area contributed by atoms with Gasteiger partial charge in [0.2, 0.25) is 0 Å². The number of nitrogens with one attached hydrogen (secondary N) is 1. The van der Waals surface area contributed by atoms with Crippen molar-refractivity contribution in [2.75, 3.05) is 13.7 Å². The number of aromatic nitrogens is 1. The molecular formula is C12H17ClN4O2. The number of nitrogens with two attached hydrogens (primary N) is 1. The highest BCUT2D eigenvalue weighted by Gasteiger charge is 2.16. The number of aliphatic imine (C=N–C) groups is 1. The number of nitrogens with zero attached hydrogens (tertiary/aromatic N) is 2. The van der Waals surface area contributed by atoms with Crippen molar-refractivity contribution in [2.45, 2.75) is 6.54 Å². The lowest BCUT2D eigenvalue weighted by atomic mass is 10.2. The lowest BCUT2D eigenvalue weighted by Crippen LogP contribution is -2.35. The van der Waals surface area contributed by atoms with E-state index in [1.54, 1.807) is 7.11 Å². The van der Waals surface area contributed by atoms with Crippen molar-refractivity contribution in [1.29, 1.82) is 0 Å². The fourth-order valence-corrected chi connectivity index (χ4v) is 2.28. The minimum Gasteiger partial charge on any atom is -0.497 e. The van der Waals surface area contributed by atoms with Gasteiger partial charge in [-0.3, -0.25) is 4.99 Å². The van der Waals surface area contributed by atoms with Gasteiger partial charge in [0.25, 0.3) is 0 Å². The third-order valence-corrected chi connectivity index (χ3v) is 3.08. The van der Waals surface area contributed by atoms with Gasteiger partial charge in [-0.1, -0.05) is 0 Å². The second-order valence-corrected chi connectivity index (χ2v) is 3.98. The summed E-state index contributed by atoms with van der Waals surface area (Å²) in [6.45, 7) is 1.64. The highest BCUT2D eigenvalue weighted by atomic mass is 35.5. The predicted octanol–water partition coefficient (Wildman–Crippen LogP) is 0.470. The van der Waals surface area contributed by atoms with Crippen LogP contribution >= 0.6 is 12.4 Å². The molecule has 2 aromatic rings. The Balaban J connectivity index is 0.000000902. The molecule has 0 saturated carbocycles.